The van der Waals surface area contributed by atoms with Crippen molar-refractivity contribution in [3.05, 3.63) is 74.1 Å². The summed E-state index contributed by atoms with van der Waals surface area (Å²) in [5.41, 5.74) is -0.418. The van der Waals surface area contributed by atoms with Crippen LogP contribution in [0.4, 0.5) is 4.39 Å². The molecule has 0 amide bonds. The first-order valence-electron chi connectivity index (χ1n) is 6.67. The third-order valence-corrected chi connectivity index (χ3v) is 3.78. The van der Waals surface area contributed by atoms with Gasteiger partial charge in [0.2, 0.25) is 5.58 Å². The van der Waals surface area contributed by atoms with Crippen LogP contribution in [0.1, 0.15) is 0 Å². The molecule has 7 heteroatoms. The Morgan fingerprint density at radius 1 is 1.13 bits per heavy atom. The molecule has 5 nitrogen and oxygen atoms in total. The van der Waals surface area contributed by atoms with Crippen molar-refractivity contribution in [2.24, 2.45) is 0 Å². The van der Waals surface area contributed by atoms with Crippen molar-refractivity contribution in [2.45, 2.75) is 0 Å². The fraction of sp³-hybridized carbons (Fsp3) is 0. The van der Waals surface area contributed by atoms with E-state index in [2.05, 4.69) is 4.98 Å². The number of halogens is 2. The number of H-pyrrole nitrogens is 1. The van der Waals surface area contributed by atoms with Gasteiger partial charge in [0.15, 0.2) is 0 Å². The lowest BCUT2D eigenvalue weighted by atomic mass is 10.2. The number of hydrogen-bond donors (Lipinski definition) is 1. The molecule has 114 valence electrons. The van der Waals surface area contributed by atoms with Gasteiger partial charge in [-0.25, -0.2) is 9.18 Å². The molecule has 4 aromatic rings. The second-order valence-electron chi connectivity index (χ2n) is 4.99. The van der Waals surface area contributed by atoms with E-state index in [0.29, 0.717) is 16.0 Å². The van der Waals surface area contributed by atoms with Crippen molar-refractivity contribution in [1.82, 2.24) is 9.55 Å². The van der Waals surface area contributed by atoms with Crippen molar-refractivity contribution < 1.29 is 8.81 Å². The maximum atomic E-state index is 13.5. The molecule has 4 rings (SSSR count). The van der Waals surface area contributed by atoms with Crippen molar-refractivity contribution in [2.75, 3.05) is 0 Å². The fourth-order valence-electron chi connectivity index (χ4n) is 2.61. The average Bonchev–Trinajstić information content (AvgIpc) is 2.87. The third-order valence-electron chi connectivity index (χ3n) is 3.54. The summed E-state index contributed by atoms with van der Waals surface area (Å²) in [6, 6.07) is 10.3. The summed E-state index contributed by atoms with van der Waals surface area (Å²) in [5, 5.41) is 0.929. The molecular weight excluding hydrogens is 323 g/mol. The normalized spacial score (nSPS) is 11.4. The zero-order valence-electron chi connectivity index (χ0n) is 11.5. The first kappa shape index (κ1) is 13.8. The second-order valence-corrected chi connectivity index (χ2v) is 5.43. The monoisotopic (exact) mass is 330 g/mol. The minimum Gasteiger partial charge on any atom is -0.449 e. The lowest BCUT2D eigenvalue weighted by Crippen LogP contribution is -2.28. The topological polar surface area (TPSA) is 68.0 Å². The summed E-state index contributed by atoms with van der Waals surface area (Å²) in [7, 11) is 0. The molecule has 0 bridgehead atoms. The Bertz CT molecular complexity index is 1190. The van der Waals surface area contributed by atoms with Crippen LogP contribution in [-0.4, -0.2) is 9.55 Å². The highest BCUT2D eigenvalue weighted by atomic mass is 35.5. The predicted octanol–water partition coefficient (Wildman–Crippen LogP) is 3.22. The van der Waals surface area contributed by atoms with Gasteiger partial charge in [0, 0.05) is 10.4 Å². The fourth-order valence-corrected chi connectivity index (χ4v) is 2.78. The van der Waals surface area contributed by atoms with Crippen LogP contribution in [-0.2, 0) is 0 Å². The molecule has 2 aromatic heterocycles. The Balaban J connectivity index is 2.27. The van der Waals surface area contributed by atoms with Crippen LogP contribution in [0.5, 0.6) is 0 Å². The summed E-state index contributed by atoms with van der Waals surface area (Å²) in [6.07, 6.45) is 0. The molecule has 1 N–H and O–H groups in total. The molecule has 0 fully saturated rings. The molecule has 0 aliphatic rings. The number of fused-ring (bicyclic) bond motifs is 3. The van der Waals surface area contributed by atoms with E-state index >= 15 is 0 Å². The number of aromatic nitrogens is 2. The van der Waals surface area contributed by atoms with E-state index in [4.69, 9.17) is 16.0 Å². The summed E-state index contributed by atoms with van der Waals surface area (Å²) < 4.78 is 20.3. The van der Waals surface area contributed by atoms with Crippen molar-refractivity contribution >= 4 is 33.7 Å². The first-order valence-corrected chi connectivity index (χ1v) is 7.05. The van der Waals surface area contributed by atoms with Crippen molar-refractivity contribution in [3.8, 4) is 5.69 Å². The predicted molar refractivity (Wildman–Crippen MR) is 84.9 cm³/mol. The van der Waals surface area contributed by atoms with E-state index < -0.39 is 17.1 Å². The van der Waals surface area contributed by atoms with E-state index in [-0.39, 0.29) is 16.8 Å². The van der Waals surface area contributed by atoms with Gasteiger partial charge in [0.1, 0.15) is 16.9 Å². The van der Waals surface area contributed by atoms with Crippen LogP contribution in [0.2, 0.25) is 5.02 Å². The standard InChI is InChI=1S/C16H8ClFN2O3/c17-8-4-5-12-11(6-8)13-14(23-12)15(21)19-16(22)20(13)10-3-1-2-9(18)7-10/h1-7H,(H,19,21,22). The van der Waals surface area contributed by atoms with Gasteiger partial charge in [0.25, 0.3) is 5.56 Å². The van der Waals surface area contributed by atoms with E-state index in [1.54, 1.807) is 24.3 Å². The van der Waals surface area contributed by atoms with Crippen LogP contribution < -0.4 is 11.2 Å². The van der Waals surface area contributed by atoms with E-state index in [0.717, 1.165) is 0 Å². The molecule has 0 radical (unpaired) electrons. The Kier molecular flexibility index (Phi) is 2.89. The Morgan fingerprint density at radius 3 is 2.74 bits per heavy atom. The first-order chi connectivity index (χ1) is 11.0. The van der Waals surface area contributed by atoms with Gasteiger partial charge in [0.05, 0.1) is 5.69 Å². The number of aromatic amines is 1. The summed E-state index contributed by atoms with van der Waals surface area (Å²) in [6.45, 7) is 0. The Hall–Kier alpha value is -2.86. The van der Waals surface area contributed by atoms with Gasteiger partial charge in [-0.3, -0.25) is 14.3 Å². The van der Waals surface area contributed by atoms with Gasteiger partial charge < -0.3 is 4.42 Å². The van der Waals surface area contributed by atoms with Gasteiger partial charge in [-0.1, -0.05) is 17.7 Å². The van der Waals surface area contributed by atoms with Crippen LogP contribution in [0.3, 0.4) is 0 Å². The molecule has 2 heterocycles. The van der Waals surface area contributed by atoms with Gasteiger partial charge in [-0.05, 0) is 36.4 Å². The van der Waals surface area contributed by atoms with Crippen molar-refractivity contribution in [3.63, 3.8) is 0 Å². The molecule has 23 heavy (non-hydrogen) atoms. The molecule has 0 aliphatic heterocycles. The maximum Gasteiger partial charge on any atom is 0.333 e. The number of furan rings is 1. The lowest BCUT2D eigenvalue weighted by Gasteiger charge is -2.06. The molecule has 0 saturated heterocycles. The molecule has 0 atom stereocenters. The Morgan fingerprint density at radius 2 is 1.96 bits per heavy atom. The Labute approximate surface area is 132 Å². The zero-order valence-corrected chi connectivity index (χ0v) is 12.2. The van der Waals surface area contributed by atoms with Crippen LogP contribution in [0.25, 0.3) is 27.8 Å². The lowest BCUT2D eigenvalue weighted by molar-refractivity contribution is 0.626. The van der Waals surface area contributed by atoms with Crippen LogP contribution in [0, 0.1) is 5.82 Å². The summed E-state index contributed by atoms with van der Waals surface area (Å²) >= 11 is 6.00. The van der Waals surface area contributed by atoms with Gasteiger partial charge in [-0.15, -0.1) is 0 Å². The maximum absolute atomic E-state index is 13.5. The van der Waals surface area contributed by atoms with Crippen LogP contribution in [0.15, 0.2) is 56.5 Å². The number of hydrogen-bond acceptors (Lipinski definition) is 3. The van der Waals surface area contributed by atoms with E-state index in [1.807, 2.05) is 0 Å². The summed E-state index contributed by atoms with van der Waals surface area (Å²) in [4.78, 5) is 26.5. The van der Waals surface area contributed by atoms with E-state index in [9.17, 15) is 14.0 Å². The largest absolute Gasteiger partial charge is 0.449 e. The third kappa shape index (κ3) is 2.07. The molecule has 0 unspecified atom stereocenters. The van der Waals surface area contributed by atoms with Crippen LogP contribution >= 0.6 is 11.6 Å². The highest BCUT2D eigenvalue weighted by Gasteiger charge is 2.17. The zero-order chi connectivity index (χ0) is 16.1. The molecular formula is C16H8ClFN2O3. The van der Waals surface area contributed by atoms with Crippen molar-refractivity contribution in [1.29, 1.82) is 0 Å². The van der Waals surface area contributed by atoms with Gasteiger partial charge in [-0.2, -0.15) is 0 Å². The number of nitrogens with one attached hydrogen (secondary N) is 1. The number of nitrogens with zero attached hydrogens (tertiary/aromatic N) is 1. The minimum atomic E-state index is -0.684. The quantitative estimate of drug-likeness (QED) is 0.582. The second kappa shape index (κ2) is 4.82. The summed E-state index contributed by atoms with van der Waals surface area (Å²) in [5.74, 6) is -0.500. The highest BCUT2D eigenvalue weighted by molar-refractivity contribution is 6.31. The number of benzene rings is 2. The van der Waals surface area contributed by atoms with Gasteiger partial charge >= 0.3 is 5.69 Å². The average molecular weight is 331 g/mol. The molecule has 0 aliphatic carbocycles. The molecule has 0 saturated carbocycles. The smallest absolute Gasteiger partial charge is 0.333 e. The SMILES string of the molecule is O=c1[nH]c(=O)n(-c2cccc(F)c2)c2c1oc1ccc(Cl)cc12. The molecule has 0 spiro atoms. The molecule has 2 aromatic carbocycles. The highest BCUT2D eigenvalue weighted by Crippen LogP contribution is 2.29. The van der Waals surface area contributed by atoms with E-state index in [1.165, 1.54) is 22.8 Å². The number of rotatable bonds is 1. The minimum absolute atomic E-state index is 0.0221.